The summed E-state index contributed by atoms with van der Waals surface area (Å²) >= 11 is 0. The minimum atomic E-state index is -0.947. The molecule has 0 heterocycles. The van der Waals surface area contributed by atoms with Crippen LogP contribution < -0.4 is 5.32 Å². The number of benzene rings is 1. The summed E-state index contributed by atoms with van der Waals surface area (Å²) in [6, 6.07) is 8.55. The van der Waals surface area contributed by atoms with Crippen molar-refractivity contribution in [2.75, 3.05) is 0 Å². The lowest BCUT2D eigenvalue weighted by molar-refractivity contribution is -0.137. The average molecular weight is 233 g/mol. The Morgan fingerprint density at radius 1 is 1.35 bits per heavy atom. The molecule has 0 aliphatic carbocycles. The summed E-state index contributed by atoms with van der Waals surface area (Å²) in [6.07, 6.45) is 1.54. The van der Waals surface area contributed by atoms with Crippen molar-refractivity contribution in [3.63, 3.8) is 0 Å². The zero-order chi connectivity index (χ0) is 12.7. The first kappa shape index (κ1) is 13.0. The normalized spacial score (nSPS) is 11.5. The Morgan fingerprint density at radius 2 is 2.00 bits per heavy atom. The maximum absolute atomic E-state index is 11.4. The van der Waals surface area contributed by atoms with Crippen molar-refractivity contribution in [1.29, 1.82) is 0 Å². The van der Waals surface area contributed by atoms with Gasteiger partial charge in [0, 0.05) is 6.42 Å². The Kier molecular flexibility index (Phi) is 4.94. The Labute approximate surface area is 100.0 Å². The zero-order valence-corrected chi connectivity index (χ0v) is 9.43. The van der Waals surface area contributed by atoms with Gasteiger partial charge in [0.1, 0.15) is 0 Å². The van der Waals surface area contributed by atoms with Crippen LogP contribution in [0.15, 0.2) is 43.0 Å². The van der Waals surface area contributed by atoms with E-state index >= 15 is 0 Å². The third-order valence-electron chi connectivity index (χ3n) is 2.25. The van der Waals surface area contributed by atoms with Gasteiger partial charge in [-0.05, 0) is 5.56 Å². The summed E-state index contributed by atoms with van der Waals surface area (Å²) in [6.45, 7) is 3.46. The molecule has 0 saturated heterocycles. The number of carbonyl (C=O) groups is 2. The van der Waals surface area contributed by atoms with Crippen LogP contribution in [0.5, 0.6) is 0 Å². The molecule has 17 heavy (non-hydrogen) atoms. The van der Waals surface area contributed by atoms with Crippen LogP contribution in [0.2, 0.25) is 0 Å². The Bertz CT molecular complexity index is 400. The number of carbonyl (C=O) groups excluding carboxylic acids is 1. The van der Waals surface area contributed by atoms with Crippen molar-refractivity contribution in [3.05, 3.63) is 48.6 Å². The van der Waals surface area contributed by atoms with Crippen LogP contribution in [-0.2, 0) is 9.59 Å². The second-order valence-corrected chi connectivity index (χ2v) is 3.62. The maximum atomic E-state index is 11.4. The highest BCUT2D eigenvalue weighted by molar-refractivity contribution is 5.78. The molecule has 90 valence electrons. The SMILES string of the molecule is C=CCC(=O)NC(CC(=O)O)c1ccccc1. The molecule has 1 unspecified atom stereocenters. The summed E-state index contributed by atoms with van der Waals surface area (Å²) in [7, 11) is 0. The van der Waals surface area contributed by atoms with Gasteiger partial charge in [0.2, 0.25) is 5.91 Å². The predicted octanol–water partition coefficient (Wildman–Crippen LogP) is 1.89. The Balaban J connectivity index is 2.77. The van der Waals surface area contributed by atoms with Gasteiger partial charge in [-0.1, -0.05) is 36.4 Å². The molecule has 1 amide bonds. The van der Waals surface area contributed by atoms with Crippen LogP contribution in [0.4, 0.5) is 0 Å². The van der Waals surface area contributed by atoms with Crippen LogP contribution in [0, 0.1) is 0 Å². The summed E-state index contributed by atoms with van der Waals surface area (Å²) in [5, 5.41) is 11.5. The smallest absolute Gasteiger partial charge is 0.305 e. The lowest BCUT2D eigenvalue weighted by Crippen LogP contribution is -2.29. The molecule has 0 bridgehead atoms. The van der Waals surface area contributed by atoms with Crippen LogP contribution in [0.3, 0.4) is 0 Å². The average Bonchev–Trinajstić information content (AvgIpc) is 2.29. The van der Waals surface area contributed by atoms with E-state index in [1.165, 1.54) is 6.08 Å². The van der Waals surface area contributed by atoms with Gasteiger partial charge < -0.3 is 10.4 Å². The molecule has 0 aliphatic rings. The van der Waals surface area contributed by atoms with E-state index < -0.39 is 12.0 Å². The number of carboxylic acids is 1. The quantitative estimate of drug-likeness (QED) is 0.737. The first-order valence-corrected chi connectivity index (χ1v) is 5.30. The zero-order valence-electron chi connectivity index (χ0n) is 9.43. The molecule has 1 aromatic carbocycles. The van der Waals surface area contributed by atoms with Gasteiger partial charge in [-0.25, -0.2) is 0 Å². The number of nitrogens with one attached hydrogen (secondary N) is 1. The molecule has 1 aromatic rings. The van der Waals surface area contributed by atoms with E-state index in [2.05, 4.69) is 11.9 Å². The number of carboxylic acid groups (broad SMARTS) is 1. The third-order valence-corrected chi connectivity index (χ3v) is 2.25. The van der Waals surface area contributed by atoms with Crippen molar-refractivity contribution < 1.29 is 14.7 Å². The van der Waals surface area contributed by atoms with Crippen molar-refractivity contribution in [1.82, 2.24) is 5.32 Å². The van der Waals surface area contributed by atoms with Crippen molar-refractivity contribution >= 4 is 11.9 Å². The second kappa shape index (κ2) is 6.48. The predicted molar refractivity (Wildman–Crippen MR) is 64.4 cm³/mol. The van der Waals surface area contributed by atoms with Gasteiger partial charge in [0.25, 0.3) is 0 Å². The van der Waals surface area contributed by atoms with Gasteiger partial charge in [0.05, 0.1) is 12.5 Å². The molecular formula is C13H15NO3. The van der Waals surface area contributed by atoms with E-state index in [1.807, 2.05) is 18.2 Å². The molecule has 0 spiro atoms. The molecule has 0 fully saturated rings. The Hall–Kier alpha value is -2.10. The van der Waals surface area contributed by atoms with E-state index in [9.17, 15) is 9.59 Å². The van der Waals surface area contributed by atoms with Crippen LogP contribution in [0.1, 0.15) is 24.4 Å². The number of aliphatic carboxylic acids is 1. The number of rotatable bonds is 6. The third kappa shape index (κ3) is 4.51. The monoisotopic (exact) mass is 233 g/mol. The molecule has 0 aliphatic heterocycles. The molecule has 0 aromatic heterocycles. The fourth-order valence-electron chi connectivity index (χ4n) is 1.50. The van der Waals surface area contributed by atoms with Crippen molar-refractivity contribution in [2.45, 2.75) is 18.9 Å². The largest absolute Gasteiger partial charge is 0.481 e. The minimum absolute atomic E-state index is 0.132. The molecular weight excluding hydrogens is 218 g/mol. The fourth-order valence-corrected chi connectivity index (χ4v) is 1.50. The standard InChI is InChI=1S/C13H15NO3/c1-2-6-12(15)14-11(9-13(16)17)10-7-4-3-5-8-10/h2-5,7-8,11H,1,6,9H2,(H,14,15)(H,16,17). The highest BCUT2D eigenvalue weighted by Crippen LogP contribution is 2.16. The summed E-state index contributed by atoms with van der Waals surface area (Å²) < 4.78 is 0. The minimum Gasteiger partial charge on any atom is -0.481 e. The number of hydrogen-bond donors (Lipinski definition) is 2. The fraction of sp³-hybridized carbons (Fsp3) is 0.231. The lowest BCUT2D eigenvalue weighted by atomic mass is 10.0. The van der Waals surface area contributed by atoms with Gasteiger partial charge >= 0.3 is 5.97 Å². The van der Waals surface area contributed by atoms with Crippen LogP contribution in [0.25, 0.3) is 0 Å². The summed E-state index contributed by atoms with van der Waals surface area (Å²) in [5.74, 6) is -1.17. The first-order valence-electron chi connectivity index (χ1n) is 5.30. The van der Waals surface area contributed by atoms with Gasteiger partial charge in [-0.15, -0.1) is 6.58 Å². The highest BCUT2D eigenvalue weighted by Gasteiger charge is 2.16. The molecule has 0 saturated carbocycles. The molecule has 4 heteroatoms. The van der Waals surface area contributed by atoms with E-state index in [0.717, 1.165) is 5.56 Å². The van der Waals surface area contributed by atoms with E-state index in [4.69, 9.17) is 5.11 Å². The molecule has 0 radical (unpaired) electrons. The molecule has 4 nitrogen and oxygen atoms in total. The van der Waals surface area contributed by atoms with E-state index in [-0.39, 0.29) is 18.7 Å². The van der Waals surface area contributed by atoms with Crippen molar-refractivity contribution in [3.8, 4) is 0 Å². The summed E-state index contributed by atoms with van der Waals surface area (Å²) in [5.41, 5.74) is 0.785. The van der Waals surface area contributed by atoms with Crippen LogP contribution >= 0.6 is 0 Å². The second-order valence-electron chi connectivity index (χ2n) is 3.62. The molecule has 1 atom stereocenters. The van der Waals surface area contributed by atoms with Gasteiger partial charge in [-0.2, -0.15) is 0 Å². The summed E-state index contributed by atoms with van der Waals surface area (Å²) in [4.78, 5) is 22.2. The highest BCUT2D eigenvalue weighted by atomic mass is 16.4. The first-order chi connectivity index (χ1) is 8.13. The van der Waals surface area contributed by atoms with Gasteiger partial charge in [-0.3, -0.25) is 9.59 Å². The van der Waals surface area contributed by atoms with E-state index in [0.29, 0.717) is 0 Å². The number of hydrogen-bond acceptors (Lipinski definition) is 2. The molecule has 2 N–H and O–H groups in total. The topological polar surface area (TPSA) is 66.4 Å². The Morgan fingerprint density at radius 3 is 2.53 bits per heavy atom. The lowest BCUT2D eigenvalue weighted by Gasteiger charge is -2.16. The molecule has 1 rings (SSSR count). The van der Waals surface area contributed by atoms with Gasteiger partial charge in [0.15, 0.2) is 0 Å². The van der Waals surface area contributed by atoms with Crippen molar-refractivity contribution in [2.24, 2.45) is 0 Å². The van der Waals surface area contributed by atoms with E-state index in [1.54, 1.807) is 12.1 Å². The maximum Gasteiger partial charge on any atom is 0.305 e. The number of amides is 1. The van der Waals surface area contributed by atoms with Crippen LogP contribution in [-0.4, -0.2) is 17.0 Å².